The van der Waals surface area contributed by atoms with Crippen LogP contribution >= 0.6 is 0 Å². The Morgan fingerprint density at radius 3 is 2.55 bits per heavy atom. The Bertz CT molecular complexity index is 524. The van der Waals surface area contributed by atoms with E-state index in [0.717, 1.165) is 11.8 Å². The normalized spacial score (nSPS) is 24.8. The summed E-state index contributed by atoms with van der Waals surface area (Å²) in [5.74, 6) is 1.73. The van der Waals surface area contributed by atoms with E-state index in [-0.39, 0.29) is 0 Å². The van der Waals surface area contributed by atoms with Gasteiger partial charge in [0.15, 0.2) is 0 Å². The molecule has 0 saturated carbocycles. The predicted octanol–water partition coefficient (Wildman–Crippen LogP) is 4.13. The molecule has 2 heterocycles. The highest BCUT2D eigenvalue weighted by Crippen LogP contribution is 2.42. The van der Waals surface area contributed by atoms with Crippen molar-refractivity contribution in [1.82, 2.24) is 4.90 Å². The SMILES string of the molecule is CNc1cc2c(cc1NC)C1CCC(CC(C)C)CN1CC2. The lowest BCUT2D eigenvalue weighted by Crippen LogP contribution is -2.42. The molecule has 0 radical (unpaired) electrons. The van der Waals surface area contributed by atoms with E-state index in [4.69, 9.17) is 0 Å². The number of rotatable bonds is 4. The van der Waals surface area contributed by atoms with Gasteiger partial charge in [-0.15, -0.1) is 0 Å². The van der Waals surface area contributed by atoms with E-state index in [1.165, 1.54) is 50.1 Å². The summed E-state index contributed by atoms with van der Waals surface area (Å²) in [5, 5.41) is 6.67. The first-order chi connectivity index (χ1) is 10.6. The molecular weight excluding hydrogens is 270 g/mol. The molecule has 1 aromatic rings. The first-order valence-electron chi connectivity index (χ1n) is 8.88. The highest BCUT2D eigenvalue weighted by Gasteiger charge is 2.33. The van der Waals surface area contributed by atoms with Gasteiger partial charge in [0.05, 0.1) is 11.4 Å². The second kappa shape index (κ2) is 6.49. The van der Waals surface area contributed by atoms with Crippen LogP contribution in [0.15, 0.2) is 12.1 Å². The van der Waals surface area contributed by atoms with Gasteiger partial charge in [-0.3, -0.25) is 4.90 Å². The van der Waals surface area contributed by atoms with Crippen molar-refractivity contribution in [3.8, 4) is 0 Å². The zero-order valence-corrected chi connectivity index (χ0v) is 14.6. The third-order valence-corrected chi connectivity index (χ3v) is 5.43. The summed E-state index contributed by atoms with van der Waals surface area (Å²) >= 11 is 0. The van der Waals surface area contributed by atoms with Crippen molar-refractivity contribution in [3.05, 3.63) is 23.3 Å². The van der Waals surface area contributed by atoms with Crippen LogP contribution in [-0.4, -0.2) is 32.1 Å². The molecule has 3 heteroatoms. The van der Waals surface area contributed by atoms with Gasteiger partial charge in [-0.05, 0) is 60.8 Å². The number of nitrogens with one attached hydrogen (secondary N) is 2. The molecule has 1 saturated heterocycles. The smallest absolute Gasteiger partial charge is 0.0576 e. The van der Waals surface area contributed by atoms with Gasteiger partial charge in [0.25, 0.3) is 0 Å². The molecule has 0 spiro atoms. The van der Waals surface area contributed by atoms with Crippen molar-refractivity contribution in [3.63, 3.8) is 0 Å². The van der Waals surface area contributed by atoms with Crippen LogP contribution in [0.5, 0.6) is 0 Å². The molecule has 122 valence electrons. The molecule has 0 aromatic heterocycles. The highest BCUT2D eigenvalue weighted by atomic mass is 15.2. The van der Waals surface area contributed by atoms with Crippen molar-refractivity contribution in [2.75, 3.05) is 37.8 Å². The van der Waals surface area contributed by atoms with Crippen LogP contribution in [0.2, 0.25) is 0 Å². The summed E-state index contributed by atoms with van der Waals surface area (Å²) < 4.78 is 0. The minimum Gasteiger partial charge on any atom is -0.386 e. The van der Waals surface area contributed by atoms with Gasteiger partial charge in [0, 0.05) is 33.2 Å². The maximum Gasteiger partial charge on any atom is 0.0576 e. The van der Waals surface area contributed by atoms with E-state index in [9.17, 15) is 0 Å². The lowest BCUT2D eigenvalue weighted by Gasteiger charge is -2.44. The van der Waals surface area contributed by atoms with Gasteiger partial charge in [-0.25, -0.2) is 0 Å². The van der Waals surface area contributed by atoms with Gasteiger partial charge in [0.2, 0.25) is 0 Å². The summed E-state index contributed by atoms with van der Waals surface area (Å²) in [4.78, 5) is 2.75. The van der Waals surface area contributed by atoms with Gasteiger partial charge in [-0.1, -0.05) is 13.8 Å². The summed E-state index contributed by atoms with van der Waals surface area (Å²) in [6.07, 6.45) is 5.29. The van der Waals surface area contributed by atoms with E-state index in [0.29, 0.717) is 6.04 Å². The van der Waals surface area contributed by atoms with Crippen LogP contribution in [0.1, 0.15) is 50.3 Å². The van der Waals surface area contributed by atoms with Gasteiger partial charge < -0.3 is 10.6 Å². The molecule has 2 unspecified atom stereocenters. The summed E-state index contributed by atoms with van der Waals surface area (Å²) in [7, 11) is 4.03. The fourth-order valence-electron chi connectivity index (χ4n) is 4.45. The lowest BCUT2D eigenvalue weighted by atomic mass is 9.80. The molecule has 0 amide bonds. The average Bonchev–Trinajstić information content (AvgIpc) is 2.52. The molecule has 2 aliphatic rings. The van der Waals surface area contributed by atoms with E-state index < -0.39 is 0 Å². The number of fused-ring (bicyclic) bond motifs is 3. The first-order valence-corrected chi connectivity index (χ1v) is 8.88. The number of hydrogen-bond acceptors (Lipinski definition) is 3. The third-order valence-electron chi connectivity index (χ3n) is 5.43. The van der Waals surface area contributed by atoms with Crippen LogP contribution in [0.4, 0.5) is 11.4 Å². The van der Waals surface area contributed by atoms with Crippen molar-refractivity contribution in [2.45, 2.75) is 45.6 Å². The Morgan fingerprint density at radius 1 is 1.14 bits per heavy atom. The minimum atomic E-state index is 0.644. The topological polar surface area (TPSA) is 27.3 Å². The standard InChI is InChI=1S/C19H31N3/c1-13(2)9-14-5-6-19-16-11-18(21-4)17(20-3)10-15(16)7-8-22(19)12-14/h10-11,13-14,19-21H,5-9,12H2,1-4H3. The second-order valence-corrected chi connectivity index (χ2v) is 7.43. The van der Waals surface area contributed by atoms with Crippen LogP contribution in [0.25, 0.3) is 0 Å². The molecule has 3 nitrogen and oxygen atoms in total. The Morgan fingerprint density at radius 2 is 1.86 bits per heavy atom. The molecule has 1 fully saturated rings. The number of anilines is 2. The molecule has 0 bridgehead atoms. The van der Waals surface area contributed by atoms with Gasteiger partial charge in [0.1, 0.15) is 0 Å². The molecule has 3 rings (SSSR count). The van der Waals surface area contributed by atoms with Gasteiger partial charge in [-0.2, -0.15) is 0 Å². The molecule has 22 heavy (non-hydrogen) atoms. The zero-order chi connectivity index (χ0) is 15.7. The minimum absolute atomic E-state index is 0.644. The maximum absolute atomic E-state index is 3.35. The van der Waals surface area contributed by atoms with Crippen molar-refractivity contribution >= 4 is 11.4 Å². The van der Waals surface area contributed by atoms with Crippen molar-refractivity contribution in [1.29, 1.82) is 0 Å². The third kappa shape index (κ3) is 2.96. The molecule has 2 N–H and O–H groups in total. The molecule has 1 aromatic carbocycles. The highest BCUT2D eigenvalue weighted by molar-refractivity contribution is 5.71. The fourth-order valence-corrected chi connectivity index (χ4v) is 4.45. The number of benzene rings is 1. The molecular formula is C19H31N3. The van der Waals surface area contributed by atoms with Crippen molar-refractivity contribution in [2.24, 2.45) is 11.8 Å². The van der Waals surface area contributed by atoms with E-state index in [2.05, 4.69) is 41.5 Å². The van der Waals surface area contributed by atoms with Crippen LogP contribution < -0.4 is 10.6 Å². The Hall–Kier alpha value is -1.22. The van der Waals surface area contributed by atoms with E-state index >= 15 is 0 Å². The predicted molar refractivity (Wildman–Crippen MR) is 95.7 cm³/mol. The van der Waals surface area contributed by atoms with Crippen LogP contribution in [0.3, 0.4) is 0 Å². The van der Waals surface area contributed by atoms with Gasteiger partial charge >= 0.3 is 0 Å². The quantitative estimate of drug-likeness (QED) is 0.876. The molecule has 2 aliphatic heterocycles. The van der Waals surface area contributed by atoms with E-state index in [1.807, 2.05) is 14.1 Å². The largest absolute Gasteiger partial charge is 0.386 e. The second-order valence-electron chi connectivity index (χ2n) is 7.43. The average molecular weight is 301 g/mol. The van der Waals surface area contributed by atoms with Crippen LogP contribution in [-0.2, 0) is 6.42 Å². The van der Waals surface area contributed by atoms with Crippen LogP contribution in [0, 0.1) is 11.8 Å². The Labute approximate surface area is 135 Å². The first kappa shape index (κ1) is 15.7. The summed E-state index contributed by atoms with van der Waals surface area (Å²) in [5.41, 5.74) is 5.57. The molecule has 2 atom stereocenters. The summed E-state index contributed by atoms with van der Waals surface area (Å²) in [6, 6.07) is 5.39. The zero-order valence-electron chi connectivity index (χ0n) is 14.6. The maximum atomic E-state index is 3.35. The fraction of sp³-hybridized carbons (Fsp3) is 0.684. The number of nitrogens with zero attached hydrogens (tertiary/aromatic N) is 1. The Balaban J connectivity index is 1.82. The lowest BCUT2D eigenvalue weighted by molar-refractivity contribution is 0.0897. The number of hydrogen-bond donors (Lipinski definition) is 2. The molecule has 0 aliphatic carbocycles. The number of piperidine rings is 1. The monoisotopic (exact) mass is 301 g/mol. The van der Waals surface area contributed by atoms with Crippen molar-refractivity contribution < 1.29 is 0 Å². The summed E-state index contributed by atoms with van der Waals surface area (Å²) in [6.45, 7) is 7.24. The Kier molecular flexibility index (Phi) is 4.62. The van der Waals surface area contributed by atoms with E-state index in [1.54, 1.807) is 11.1 Å².